The third-order valence-electron chi connectivity index (χ3n) is 4.99. The standard InChI is InChI=1S/C18H31N3O4/c1-18(2)24-14-7-10-22-15(17(14)25-18)11-23-16(20)4-3-13(19)12-5-8-21-9-6-12/h3-4,12,14-15,17,21H,5-11,19-20H2,1-2H3/b13-3-,16-4+. The van der Waals surface area contributed by atoms with Gasteiger partial charge in [0.05, 0.1) is 6.10 Å². The zero-order valence-corrected chi connectivity index (χ0v) is 15.2. The lowest BCUT2D eigenvalue weighted by atomic mass is 9.94. The Morgan fingerprint density at radius 1 is 1.16 bits per heavy atom. The Balaban J connectivity index is 1.50. The highest BCUT2D eigenvalue weighted by Gasteiger charge is 2.47. The van der Waals surface area contributed by atoms with Crippen molar-refractivity contribution in [2.24, 2.45) is 17.4 Å². The van der Waals surface area contributed by atoms with Gasteiger partial charge in [-0.15, -0.1) is 0 Å². The highest BCUT2D eigenvalue weighted by molar-refractivity contribution is 5.14. The molecule has 0 radical (unpaired) electrons. The Kier molecular flexibility index (Phi) is 5.89. The molecule has 3 unspecified atom stereocenters. The highest BCUT2D eigenvalue weighted by atomic mass is 16.8. The minimum atomic E-state index is -0.575. The maximum absolute atomic E-state index is 6.15. The maximum atomic E-state index is 6.15. The molecule has 3 heterocycles. The second-order valence-corrected chi connectivity index (χ2v) is 7.41. The summed E-state index contributed by atoms with van der Waals surface area (Å²) in [5, 5.41) is 3.33. The predicted octanol–water partition coefficient (Wildman–Crippen LogP) is 0.954. The van der Waals surface area contributed by atoms with E-state index in [1.807, 2.05) is 19.9 Å². The lowest BCUT2D eigenvalue weighted by Gasteiger charge is -2.31. The molecule has 0 saturated carbocycles. The van der Waals surface area contributed by atoms with Gasteiger partial charge in [-0.05, 0) is 58.4 Å². The van der Waals surface area contributed by atoms with Crippen LogP contribution in [0.3, 0.4) is 0 Å². The second-order valence-electron chi connectivity index (χ2n) is 7.41. The molecule has 0 spiro atoms. The molecule has 3 fully saturated rings. The maximum Gasteiger partial charge on any atom is 0.184 e. The minimum absolute atomic E-state index is 0.0537. The number of hydrogen-bond acceptors (Lipinski definition) is 7. The number of nitrogens with two attached hydrogens (primary N) is 2. The van der Waals surface area contributed by atoms with E-state index >= 15 is 0 Å². The summed E-state index contributed by atoms with van der Waals surface area (Å²) in [6.45, 7) is 6.84. The van der Waals surface area contributed by atoms with E-state index in [-0.39, 0.29) is 18.3 Å². The van der Waals surface area contributed by atoms with Gasteiger partial charge >= 0.3 is 0 Å². The van der Waals surface area contributed by atoms with E-state index in [4.69, 9.17) is 30.4 Å². The fourth-order valence-electron chi connectivity index (χ4n) is 3.67. The molecule has 0 bridgehead atoms. The molecule has 3 atom stereocenters. The van der Waals surface area contributed by atoms with Gasteiger partial charge in [-0.25, -0.2) is 0 Å². The van der Waals surface area contributed by atoms with E-state index in [1.54, 1.807) is 6.08 Å². The van der Waals surface area contributed by atoms with Crippen molar-refractivity contribution >= 4 is 0 Å². The summed E-state index contributed by atoms with van der Waals surface area (Å²) >= 11 is 0. The second kappa shape index (κ2) is 7.95. The van der Waals surface area contributed by atoms with Crippen LogP contribution in [0.1, 0.15) is 33.1 Å². The Morgan fingerprint density at radius 2 is 1.92 bits per heavy atom. The summed E-state index contributed by atoms with van der Waals surface area (Å²) in [6, 6.07) is 0. The van der Waals surface area contributed by atoms with Crippen LogP contribution in [0.15, 0.2) is 23.7 Å². The number of fused-ring (bicyclic) bond motifs is 1. The van der Waals surface area contributed by atoms with Crippen LogP contribution < -0.4 is 16.8 Å². The number of nitrogens with one attached hydrogen (secondary N) is 1. The molecule has 7 nitrogen and oxygen atoms in total. The molecule has 0 aromatic carbocycles. The molecular formula is C18H31N3O4. The van der Waals surface area contributed by atoms with Crippen LogP contribution in [0.25, 0.3) is 0 Å². The van der Waals surface area contributed by atoms with Crippen molar-refractivity contribution in [3.8, 4) is 0 Å². The molecule has 0 aromatic heterocycles. The largest absolute Gasteiger partial charge is 0.476 e. The summed E-state index contributed by atoms with van der Waals surface area (Å²) in [6.07, 6.45) is 6.29. The van der Waals surface area contributed by atoms with Crippen LogP contribution in [0, 0.1) is 5.92 Å². The molecule has 142 valence electrons. The van der Waals surface area contributed by atoms with Gasteiger partial charge in [-0.3, -0.25) is 0 Å². The molecule has 3 aliphatic rings. The topological polar surface area (TPSA) is 101 Å². The number of allylic oxidation sites excluding steroid dienone is 3. The van der Waals surface area contributed by atoms with Crippen molar-refractivity contribution in [3.05, 3.63) is 23.7 Å². The Labute approximate surface area is 149 Å². The van der Waals surface area contributed by atoms with Gasteiger partial charge in [-0.2, -0.15) is 0 Å². The zero-order valence-electron chi connectivity index (χ0n) is 15.2. The van der Waals surface area contributed by atoms with E-state index in [9.17, 15) is 0 Å². The van der Waals surface area contributed by atoms with Crippen molar-refractivity contribution in [2.45, 2.75) is 57.2 Å². The Hall–Kier alpha value is -1.28. The van der Waals surface area contributed by atoms with Crippen LogP contribution in [0.5, 0.6) is 0 Å². The van der Waals surface area contributed by atoms with Gasteiger partial charge in [0, 0.05) is 18.2 Å². The van der Waals surface area contributed by atoms with Crippen molar-refractivity contribution in [1.82, 2.24) is 5.32 Å². The average Bonchev–Trinajstić information content (AvgIpc) is 2.93. The molecular weight excluding hydrogens is 322 g/mol. The summed E-state index contributed by atoms with van der Waals surface area (Å²) < 4.78 is 23.3. The van der Waals surface area contributed by atoms with Crippen molar-refractivity contribution < 1.29 is 18.9 Å². The lowest BCUT2D eigenvalue weighted by molar-refractivity contribution is -0.158. The van der Waals surface area contributed by atoms with E-state index in [1.165, 1.54) is 0 Å². The average molecular weight is 353 g/mol. The van der Waals surface area contributed by atoms with Gasteiger partial charge in [0.1, 0.15) is 18.8 Å². The summed E-state index contributed by atoms with van der Waals surface area (Å²) in [7, 11) is 0. The van der Waals surface area contributed by atoms with Crippen LogP contribution >= 0.6 is 0 Å². The lowest BCUT2D eigenvalue weighted by Crippen LogP contribution is -2.45. The normalized spacial score (nSPS) is 33.9. The van der Waals surface area contributed by atoms with Crippen molar-refractivity contribution in [3.63, 3.8) is 0 Å². The minimum Gasteiger partial charge on any atom is -0.476 e. The first kappa shape index (κ1) is 18.5. The fraction of sp³-hybridized carbons (Fsp3) is 0.778. The molecule has 3 aliphatic heterocycles. The molecule has 5 N–H and O–H groups in total. The Morgan fingerprint density at radius 3 is 2.68 bits per heavy atom. The molecule has 7 heteroatoms. The van der Waals surface area contributed by atoms with Gasteiger partial charge in [0.2, 0.25) is 0 Å². The highest BCUT2D eigenvalue weighted by Crippen LogP contribution is 2.35. The van der Waals surface area contributed by atoms with Crippen LogP contribution in [-0.4, -0.2) is 50.4 Å². The number of ether oxygens (including phenoxy) is 4. The van der Waals surface area contributed by atoms with E-state index in [0.717, 1.165) is 38.0 Å². The number of piperidine rings is 1. The summed E-state index contributed by atoms with van der Waals surface area (Å²) in [5.41, 5.74) is 13.0. The van der Waals surface area contributed by atoms with Crippen LogP contribution in [0.4, 0.5) is 0 Å². The van der Waals surface area contributed by atoms with Gasteiger partial charge < -0.3 is 35.7 Å². The summed E-state index contributed by atoms with van der Waals surface area (Å²) in [4.78, 5) is 0. The fourth-order valence-corrected chi connectivity index (χ4v) is 3.67. The first-order chi connectivity index (χ1) is 11.9. The molecule has 0 aliphatic carbocycles. The van der Waals surface area contributed by atoms with Crippen LogP contribution in [-0.2, 0) is 18.9 Å². The number of hydrogen-bond donors (Lipinski definition) is 3. The molecule has 3 rings (SSSR count). The van der Waals surface area contributed by atoms with Crippen molar-refractivity contribution in [1.29, 1.82) is 0 Å². The first-order valence-electron chi connectivity index (χ1n) is 9.18. The molecule has 0 aromatic rings. The molecule has 0 amide bonds. The third-order valence-corrected chi connectivity index (χ3v) is 4.99. The van der Waals surface area contributed by atoms with E-state index in [2.05, 4.69) is 5.32 Å². The smallest absolute Gasteiger partial charge is 0.184 e. The van der Waals surface area contributed by atoms with E-state index < -0.39 is 5.79 Å². The first-order valence-corrected chi connectivity index (χ1v) is 9.18. The summed E-state index contributed by atoms with van der Waals surface area (Å²) in [5.74, 6) is 0.175. The van der Waals surface area contributed by atoms with Crippen LogP contribution in [0.2, 0.25) is 0 Å². The van der Waals surface area contributed by atoms with Gasteiger partial charge in [0.15, 0.2) is 11.7 Å². The van der Waals surface area contributed by atoms with Gasteiger partial charge in [0.25, 0.3) is 0 Å². The predicted molar refractivity (Wildman–Crippen MR) is 94.3 cm³/mol. The molecule has 3 saturated heterocycles. The third kappa shape index (κ3) is 4.88. The van der Waals surface area contributed by atoms with E-state index in [0.29, 0.717) is 25.0 Å². The monoisotopic (exact) mass is 353 g/mol. The quantitative estimate of drug-likeness (QED) is 0.500. The van der Waals surface area contributed by atoms with Gasteiger partial charge in [-0.1, -0.05) is 0 Å². The Bertz CT molecular complexity index is 514. The zero-order chi connectivity index (χ0) is 17.9. The SMILES string of the molecule is CC1(C)OC2CCOC(CO/C(N)=C/C=C(\N)C3CCNCC3)C2O1. The molecule has 25 heavy (non-hydrogen) atoms. The number of rotatable bonds is 5. The van der Waals surface area contributed by atoms with Crippen molar-refractivity contribution in [2.75, 3.05) is 26.3 Å².